The van der Waals surface area contributed by atoms with Gasteiger partial charge in [0.25, 0.3) is 0 Å². The molecule has 1 heterocycles. The molecule has 1 aliphatic rings. The molecule has 4 heteroatoms. The number of halogens is 1. The predicted octanol–water partition coefficient (Wildman–Crippen LogP) is 2.40. The molecule has 0 saturated carbocycles. The van der Waals surface area contributed by atoms with Gasteiger partial charge in [-0.2, -0.15) is 11.8 Å². The molecule has 1 aromatic carbocycles. The van der Waals surface area contributed by atoms with Crippen LogP contribution in [0.1, 0.15) is 18.5 Å². The summed E-state index contributed by atoms with van der Waals surface area (Å²) >= 11 is 1.92. The van der Waals surface area contributed by atoms with Crippen LogP contribution in [-0.2, 0) is 0 Å². The van der Waals surface area contributed by atoms with Crippen LogP contribution in [0.15, 0.2) is 18.2 Å². The maximum atomic E-state index is 13.9. The van der Waals surface area contributed by atoms with E-state index in [1.54, 1.807) is 6.07 Å². The molecule has 1 atom stereocenters. The Morgan fingerprint density at radius 3 is 2.62 bits per heavy atom. The van der Waals surface area contributed by atoms with E-state index in [2.05, 4.69) is 4.90 Å². The molecule has 0 radical (unpaired) electrons. The van der Waals surface area contributed by atoms with Gasteiger partial charge in [-0.05, 0) is 24.6 Å². The van der Waals surface area contributed by atoms with E-state index in [0.717, 1.165) is 30.2 Å². The SMILES string of the molecule is C[C@H](N)c1ccc(N2CCSCC2)c(F)c1. The zero-order valence-electron chi connectivity index (χ0n) is 9.45. The predicted molar refractivity (Wildman–Crippen MR) is 68.5 cm³/mol. The standard InChI is InChI=1S/C12H17FN2S/c1-9(14)10-2-3-12(11(13)8-10)15-4-6-16-7-5-15/h2-3,8-9H,4-7,14H2,1H3/t9-/m0/s1. The fourth-order valence-corrected chi connectivity index (χ4v) is 2.77. The number of rotatable bonds is 2. The molecule has 88 valence electrons. The third-order valence-corrected chi connectivity index (χ3v) is 3.79. The van der Waals surface area contributed by atoms with Crippen molar-refractivity contribution in [2.75, 3.05) is 29.5 Å². The highest BCUT2D eigenvalue weighted by molar-refractivity contribution is 7.99. The Balaban J connectivity index is 2.21. The Kier molecular flexibility index (Phi) is 3.71. The van der Waals surface area contributed by atoms with Crippen molar-refractivity contribution in [1.82, 2.24) is 0 Å². The van der Waals surface area contributed by atoms with Gasteiger partial charge in [0.15, 0.2) is 0 Å². The molecule has 0 bridgehead atoms. The second kappa shape index (κ2) is 5.06. The third kappa shape index (κ3) is 2.50. The van der Waals surface area contributed by atoms with E-state index in [-0.39, 0.29) is 11.9 Å². The largest absolute Gasteiger partial charge is 0.368 e. The number of benzene rings is 1. The first-order valence-electron chi connectivity index (χ1n) is 5.56. The highest BCUT2D eigenvalue weighted by Gasteiger charge is 2.15. The summed E-state index contributed by atoms with van der Waals surface area (Å²) in [6, 6.07) is 5.22. The summed E-state index contributed by atoms with van der Waals surface area (Å²) in [5.74, 6) is 2.00. The lowest BCUT2D eigenvalue weighted by Gasteiger charge is -2.29. The van der Waals surface area contributed by atoms with Crippen LogP contribution in [0.2, 0.25) is 0 Å². The summed E-state index contributed by atoms with van der Waals surface area (Å²) in [5.41, 5.74) is 7.29. The Hall–Kier alpha value is -0.740. The maximum absolute atomic E-state index is 13.9. The first-order chi connectivity index (χ1) is 7.68. The second-order valence-electron chi connectivity index (χ2n) is 4.10. The summed E-state index contributed by atoms with van der Waals surface area (Å²) in [4.78, 5) is 2.11. The summed E-state index contributed by atoms with van der Waals surface area (Å²) in [6.45, 7) is 3.73. The van der Waals surface area contributed by atoms with Gasteiger partial charge in [-0.25, -0.2) is 4.39 Å². The number of hydrogen-bond donors (Lipinski definition) is 1. The zero-order chi connectivity index (χ0) is 11.5. The van der Waals surface area contributed by atoms with Crippen LogP contribution in [0.25, 0.3) is 0 Å². The number of anilines is 1. The summed E-state index contributed by atoms with van der Waals surface area (Å²) in [7, 11) is 0. The van der Waals surface area contributed by atoms with E-state index >= 15 is 0 Å². The van der Waals surface area contributed by atoms with Crippen molar-refractivity contribution in [3.05, 3.63) is 29.6 Å². The number of thioether (sulfide) groups is 1. The Morgan fingerprint density at radius 1 is 1.38 bits per heavy atom. The fraction of sp³-hybridized carbons (Fsp3) is 0.500. The van der Waals surface area contributed by atoms with Crippen molar-refractivity contribution in [3.63, 3.8) is 0 Å². The second-order valence-corrected chi connectivity index (χ2v) is 5.32. The van der Waals surface area contributed by atoms with Crippen LogP contribution >= 0.6 is 11.8 Å². The van der Waals surface area contributed by atoms with E-state index < -0.39 is 0 Å². The van der Waals surface area contributed by atoms with Crippen molar-refractivity contribution in [2.24, 2.45) is 5.73 Å². The van der Waals surface area contributed by atoms with Crippen molar-refractivity contribution >= 4 is 17.4 Å². The van der Waals surface area contributed by atoms with Gasteiger partial charge < -0.3 is 10.6 Å². The molecular formula is C12H17FN2S. The molecule has 0 spiro atoms. The lowest BCUT2D eigenvalue weighted by Crippen LogP contribution is -2.33. The molecule has 2 rings (SSSR count). The Bertz CT molecular complexity index is 362. The van der Waals surface area contributed by atoms with Crippen molar-refractivity contribution in [2.45, 2.75) is 13.0 Å². The lowest BCUT2D eigenvalue weighted by atomic mass is 10.1. The minimum atomic E-state index is -0.151. The van der Waals surface area contributed by atoms with E-state index in [0.29, 0.717) is 5.69 Å². The quantitative estimate of drug-likeness (QED) is 0.860. The van der Waals surface area contributed by atoms with Crippen LogP contribution in [0.3, 0.4) is 0 Å². The first kappa shape index (κ1) is 11.7. The summed E-state index contributed by atoms with van der Waals surface area (Å²) < 4.78 is 13.9. The van der Waals surface area contributed by atoms with Gasteiger partial charge in [-0.3, -0.25) is 0 Å². The molecule has 0 aromatic heterocycles. The highest BCUT2D eigenvalue weighted by atomic mass is 32.2. The average Bonchev–Trinajstić information content (AvgIpc) is 2.30. The van der Waals surface area contributed by atoms with Crippen molar-refractivity contribution < 1.29 is 4.39 Å². The van der Waals surface area contributed by atoms with E-state index in [9.17, 15) is 4.39 Å². The van der Waals surface area contributed by atoms with Crippen molar-refractivity contribution in [3.8, 4) is 0 Å². The van der Waals surface area contributed by atoms with E-state index in [4.69, 9.17) is 5.73 Å². The normalized spacial score (nSPS) is 18.6. The molecular weight excluding hydrogens is 223 g/mol. The van der Waals surface area contributed by atoms with Crippen LogP contribution in [0, 0.1) is 5.82 Å². The molecule has 2 N–H and O–H groups in total. The zero-order valence-corrected chi connectivity index (χ0v) is 10.3. The number of hydrogen-bond acceptors (Lipinski definition) is 3. The van der Waals surface area contributed by atoms with E-state index in [1.165, 1.54) is 0 Å². The first-order valence-corrected chi connectivity index (χ1v) is 6.71. The molecule has 0 unspecified atom stereocenters. The van der Waals surface area contributed by atoms with Gasteiger partial charge in [0.1, 0.15) is 5.82 Å². The van der Waals surface area contributed by atoms with Gasteiger partial charge in [0, 0.05) is 30.6 Å². The molecule has 1 aromatic rings. The summed E-state index contributed by atoms with van der Waals surface area (Å²) in [6.07, 6.45) is 0. The van der Waals surface area contributed by atoms with Crippen molar-refractivity contribution in [1.29, 1.82) is 0 Å². The molecule has 2 nitrogen and oxygen atoms in total. The summed E-state index contributed by atoms with van der Waals surface area (Å²) in [5, 5.41) is 0. The van der Waals surface area contributed by atoms with Gasteiger partial charge in [-0.1, -0.05) is 6.07 Å². The number of nitrogens with two attached hydrogens (primary N) is 1. The maximum Gasteiger partial charge on any atom is 0.146 e. The number of nitrogens with zero attached hydrogens (tertiary/aromatic N) is 1. The van der Waals surface area contributed by atoms with Crippen LogP contribution < -0.4 is 10.6 Å². The topological polar surface area (TPSA) is 29.3 Å². The highest BCUT2D eigenvalue weighted by Crippen LogP contribution is 2.25. The molecule has 0 aliphatic carbocycles. The fourth-order valence-electron chi connectivity index (χ4n) is 1.87. The Labute approximate surface area is 100 Å². The van der Waals surface area contributed by atoms with Gasteiger partial charge in [0.05, 0.1) is 5.69 Å². The van der Waals surface area contributed by atoms with Crippen LogP contribution in [0.4, 0.5) is 10.1 Å². The monoisotopic (exact) mass is 240 g/mol. The smallest absolute Gasteiger partial charge is 0.146 e. The molecule has 1 saturated heterocycles. The van der Waals surface area contributed by atoms with Gasteiger partial charge in [0.2, 0.25) is 0 Å². The average molecular weight is 240 g/mol. The molecule has 1 aliphatic heterocycles. The third-order valence-electron chi connectivity index (χ3n) is 2.85. The molecule has 0 amide bonds. The molecule has 1 fully saturated rings. The van der Waals surface area contributed by atoms with Gasteiger partial charge >= 0.3 is 0 Å². The van der Waals surface area contributed by atoms with Gasteiger partial charge in [-0.15, -0.1) is 0 Å². The molecule has 16 heavy (non-hydrogen) atoms. The minimum absolute atomic E-state index is 0.111. The van der Waals surface area contributed by atoms with E-state index in [1.807, 2.05) is 30.8 Å². The van der Waals surface area contributed by atoms with Crippen LogP contribution in [0.5, 0.6) is 0 Å². The van der Waals surface area contributed by atoms with Crippen LogP contribution in [-0.4, -0.2) is 24.6 Å². The Morgan fingerprint density at radius 2 is 2.06 bits per heavy atom. The lowest BCUT2D eigenvalue weighted by molar-refractivity contribution is 0.614. The minimum Gasteiger partial charge on any atom is -0.368 e.